The molecule has 132 valence electrons. The van der Waals surface area contributed by atoms with E-state index in [9.17, 15) is 14.0 Å². The molecule has 1 N–H and O–H groups in total. The predicted molar refractivity (Wildman–Crippen MR) is 94.0 cm³/mol. The van der Waals surface area contributed by atoms with E-state index in [-0.39, 0.29) is 11.7 Å². The lowest BCUT2D eigenvalue weighted by atomic mass is 10.2. The predicted octanol–water partition coefficient (Wildman–Crippen LogP) is 3.36. The Kier molecular flexibility index (Phi) is 4.79. The molecule has 0 unspecified atom stereocenters. The zero-order valence-corrected chi connectivity index (χ0v) is 14.2. The fourth-order valence-electron chi connectivity index (χ4n) is 2.52. The molecule has 1 heterocycles. The molecule has 0 spiro atoms. The summed E-state index contributed by atoms with van der Waals surface area (Å²) in [6.07, 6.45) is 1.44. The van der Waals surface area contributed by atoms with E-state index >= 15 is 0 Å². The Morgan fingerprint density at radius 1 is 1.15 bits per heavy atom. The average Bonchev–Trinajstić information content (AvgIpc) is 3.03. The summed E-state index contributed by atoms with van der Waals surface area (Å²) in [5.74, 6) is -1.19. The van der Waals surface area contributed by atoms with Crippen LogP contribution in [-0.2, 0) is 4.74 Å². The van der Waals surface area contributed by atoms with E-state index in [0.717, 1.165) is 0 Å². The van der Waals surface area contributed by atoms with Crippen LogP contribution in [0.15, 0.2) is 54.7 Å². The molecule has 0 bridgehead atoms. The van der Waals surface area contributed by atoms with Gasteiger partial charge in [-0.05, 0) is 49.4 Å². The molecule has 7 heteroatoms. The van der Waals surface area contributed by atoms with Crippen molar-refractivity contribution in [2.75, 3.05) is 12.4 Å². The number of esters is 1. The first kappa shape index (κ1) is 17.3. The molecule has 1 amide bonds. The van der Waals surface area contributed by atoms with Gasteiger partial charge in [-0.25, -0.2) is 13.9 Å². The van der Waals surface area contributed by atoms with Crippen molar-refractivity contribution < 1.29 is 18.7 Å². The molecule has 0 saturated carbocycles. The van der Waals surface area contributed by atoms with E-state index in [0.29, 0.717) is 28.2 Å². The Morgan fingerprint density at radius 2 is 1.88 bits per heavy atom. The lowest BCUT2D eigenvalue weighted by Gasteiger charge is -2.08. The maximum absolute atomic E-state index is 13.1. The first-order valence-corrected chi connectivity index (χ1v) is 7.80. The number of anilines is 1. The summed E-state index contributed by atoms with van der Waals surface area (Å²) in [5, 5.41) is 6.93. The fourth-order valence-corrected chi connectivity index (χ4v) is 2.52. The van der Waals surface area contributed by atoms with Gasteiger partial charge in [-0.15, -0.1) is 0 Å². The quantitative estimate of drug-likeness (QED) is 0.730. The highest BCUT2D eigenvalue weighted by Gasteiger charge is 2.16. The second-order valence-electron chi connectivity index (χ2n) is 5.56. The summed E-state index contributed by atoms with van der Waals surface area (Å²) < 4.78 is 19.3. The second-order valence-corrected chi connectivity index (χ2v) is 5.56. The SMILES string of the molecule is COC(=O)c1cccc(NC(=O)c2cnn(-c3ccc(F)cc3)c2C)c1. The minimum atomic E-state index is -0.485. The van der Waals surface area contributed by atoms with Crippen LogP contribution in [0.25, 0.3) is 5.69 Å². The van der Waals surface area contributed by atoms with Crippen LogP contribution in [0.5, 0.6) is 0 Å². The van der Waals surface area contributed by atoms with Crippen molar-refractivity contribution >= 4 is 17.6 Å². The maximum atomic E-state index is 13.1. The first-order valence-electron chi connectivity index (χ1n) is 7.80. The van der Waals surface area contributed by atoms with Gasteiger partial charge in [0.2, 0.25) is 0 Å². The molecule has 2 aromatic carbocycles. The molecule has 0 aliphatic rings. The molecule has 3 aromatic rings. The molecule has 0 aliphatic heterocycles. The lowest BCUT2D eigenvalue weighted by molar-refractivity contribution is 0.0600. The zero-order valence-electron chi connectivity index (χ0n) is 14.2. The van der Waals surface area contributed by atoms with Gasteiger partial charge in [0.25, 0.3) is 5.91 Å². The van der Waals surface area contributed by atoms with Crippen LogP contribution >= 0.6 is 0 Å². The average molecular weight is 353 g/mol. The summed E-state index contributed by atoms with van der Waals surface area (Å²) in [6, 6.07) is 12.3. The number of benzene rings is 2. The Labute approximate surface area is 149 Å². The van der Waals surface area contributed by atoms with E-state index in [2.05, 4.69) is 15.2 Å². The standard InChI is InChI=1S/C19H16FN3O3/c1-12-17(11-21-23(12)16-8-6-14(20)7-9-16)18(24)22-15-5-3-4-13(10-15)19(25)26-2/h3-11H,1-2H3,(H,22,24). The number of nitrogens with zero attached hydrogens (tertiary/aromatic N) is 2. The number of aromatic nitrogens is 2. The van der Waals surface area contributed by atoms with Crippen LogP contribution in [0.3, 0.4) is 0 Å². The third-order valence-electron chi connectivity index (χ3n) is 3.87. The summed E-state index contributed by atoms with van der Waals surface area (Å²) in [4.78, 5) is 24.1. The topological polar surface area (TPSA) is 73.2 Å². The van der Waals surface area contributed by atoms with Gasteiger partial charge in [-0.1, -0.05) is 6.07 Å². The summed E-state index contributed by atoms with van der Waals surface area (Å²) in [6.45, 7) is 1.75. The van der Waals surface area contributed by atoms with E-state index in [4.69, 9.17) is 0 Å². The van der Waals surface area contributed by atoms with Gasteiger partial charge in [0.15, 0.2) is 0 Å². The summed E-state index contributed by atoms with van der Waals surface area (Å²) >= 11 is 0. The van der Waals surface area contributed by atoms with Crippen LogP contribution in [0.2, 0.25) is 0 Å². The third kappa shape index (κ3) is 3.46. The summed E-state index contributed by atoms with van der Waals surface area (Å²) in [7, 11) is 1.29. The van der Waals surface area contributed by atoms with Crippen molar-refractivity contribution in [2.24, 2.45) is 0 Å². The number of nitrogens with one attached hydrogen (secondary N) is 1. The van der Waals surface area contributed by atoms with Gasteiger partial charge in [0.1, 0.15) is 5.82 Å². The zero-order chi connectivity index (χ0) is 18.7. The van der Waals surface area contributed by atoms with Crippen molar-refractivity contribution in [3.63, 3.8) is 0 Å². The van der Waals surface area contributed by atoms with Crippen LogP contribution in [-0.4, -0.2) is 28.8 Å². The number of amides is 1. The molecule has 6 nitrogen and oxygen atoms in total. The van der Waals surface area contributed by atoms with Gasteiger partial charge < -0.3 is 10.1 Å². The van der Waals surface area contributed by atoms with Gasteiger partial charge in [0.05, 0.1) is 35.8 Å². The van der Waals surface area contributed by atoms with E-state index < -0.39 is 5.97 Å². The molecule has 0 radical (unpaired) electrons. The van der Waals surface area contributed by atoms with Crippen LogP contribution in [0, 0.1) is 12.7 Å². The van der Waals surface area contributed by atoms with E-state index in [1.54, 1.807) is 41.9 Å². The van der Waals surface area contributed by atoms with Crippen molar-refractivity contribution in [3.8, 4) is 5.69 Å². The number of rotatable bonds is 4. The number of carbonyl (C=O) groups excluding carboxylic acids is 2. The largest absolute Gasteiger partial charge is 0.465 e. The molecule has 26 heavy (non-hydrogen) atoms. The number of carbonyl (C=O) groups is 2. The molecule has 3 rings (SSSR count). The van der Waals surface area contributed by atoms with E-state index in [1.807, 2.05) is 0 Å². The maximum Gasteiger partial charge on any atom is 0.337 e. The molecule has 1 aromatic heterocycles. The number of methoxy groups -OCH3 is 1. The van der Waals surface area contributed by atoms with Crippen molar-refractivity contribution in [1.29, 1.82) is 0 Å². The minimum absolute atomic E-state index is 0.337. The number of hydrogen-bond donors (Lipinski definition) is 1. The highest BCUT2D eigenvalue weighted by atomic mass is 19.1. The Balaban J connectivity index is 1.83. The van der Waals surface area contributed by atoms with Crippen LogP contribution in [0.4, 0.5) is 10.1 Å². The highest BCUT2D eigenvalue weighted by Crippen LogP contribution is 2.17. The van der Waals surface area contributed by atoms with Gasteiger partial charge in [0, 0.05) is 5.69 Å². The Hall–Kier alpha value is -3.48. The molecule has 0 fully saturated rings. The van der Waals surface area contributed by atoms with Crippen molar-refractivity contribution in [3.05, 3.63) is 77.4 Å². The van der Waals surface area contributed by atoms with Crippen LogP contribution in [0.1, 0.15) is 26.4 Å². The van der Waals surface area contributed by atoms with Gasteiger partial charge >= 0.3 is 5.97 Å². The van der Waals surface area contributed by atoms with Crippen molar-refractivity contribution in [1.82, 2.24) is 9.78 Å². The highest BCUT2D eigenvalue weighted by molar-refractivity contribution is 6.05. The third-order valence-corrected chi connectivity index (χ3v) is 3.87. The monoisotopic (exact) mass is 353 g/mol. The summed E-state index contributed by atoms with van der Waals surface area (Å²) in [5.41, 5.74) is 2.43. The smallest absolute Gasteiger partial charge is 0.337 e. The second kappa shape index (κ2) is 7.18. The molecule has 0 saturated heterocycles. The fraction of sp³-hybridized carbons (Fsp3) is 0.105. The van der Waals surface area contributed by atoms with Gasteiger partial charge in [-0.3, -0.25) is 4.79 Å². The molecule has 0 atom stereocenters. The van der Waals surface area contributed by atoms with E-state index in [1.165, 1.54) is 31.5 Å². The lowest BCUT2D eigenvalue weighted by Crippen LogP contribution is -2.13. The Bertz CT molecular complexity index is 964. The molecular weight excluding hydrogens is 337 g/mol. The molecular formula is C19H16FN3O3. The first-order chi connectivity index (χ1) is 12.5. The van der Waals surface area contributed by atoms with Crippen molar-refractivity contribution in [2.45, 2.75) is 6.92 Å². The molecule has 0 aliphatic carbocycles. The van der Waals surface area contributed by atoms with Gasteiger partial charge in [-0.2, -0.15) is 5.10 Å². The number of halogens is 1. The number of hydrogen-bond acceptors (Lipinski definition) is 4. The number of ether oxygens (including phenoxy) is 1. The Morgan fingerprint density at radius 3 is 2.58 bits per heavy atom. The normalized spacial score (nSPS) is 10.4. The minimum Gasteiger partial charge on any atom is -0.465 e. The van der Waals surface area contributed by atoms with Crippen LogP contribution < -0.4 is 5.32 Å².